The molecule has 126 valence electrons. The van der Waals surface area contributed by atoms with Crippen LogP contribution in [-0.2, 0) is 11.0 Å². The Morgan fingerprint density at radius 3 is 2.57 bits per heavy atom. The number of rotatable bonds is 3. The van der Waals surface area contributed by atoms with Crippen LogP contribution in [0.4, 0.5) is 18.9 Å². The summed E-state index contributed by atoms with van der Waals surface area (Å²) in [5, 5.41) is 2.72. The zero-order valence-corrected chi connectivity index (χ0v) is 13.1. The van der Waals surface area contributed by atoms with Crippen molar-refractivity contribution in [3.8, 4) is 0 Å². The molecule has 3 rings (SSSR count). The van der Waals surface area contributed by atoms with Crippen molar-refractivity contribution >= 4 is 12.1 Å². The van der Waals surface area contributed by atoms with Gasteiger partial charge in [-0.25, -0.2) is 0 Å². The lowest BCUT2D eigenvalue weighted by atomic mass is 9.83. The molecule has 1 amide bonds. The molecule has 0 bridgehead atoms. The first-order chi connectivity index (χ1) is 10.9. The number of alkyl halides is 3. The van der Waals surface area contributed by atoms with Gasteiger partial charge in [-0.15, -0.1) is 0 Å². The van der Waals surface area contributed by atoms with Gasteiger partial charge in [0.15, 0.2) is 0 Å². The Bertz CT molecular complexity index is 582. The second-order valence-electron chi connectivity index (χ2n) is 6.57. The van der Waals surface area contributed by atoms with E-state index in [2.05, 4.69) is 10.2 Å². The standard InChI is InChI=1S/C17H21F3N2O/c1-22-15-7-6-12(17(18,19)20)8-13(15)14(21-10-23)9-16(22)11-4-2-3-5-11/h6-8,10-11,14,16H,2-5,9H2,1H3,(H,21,23). The molecule has 6 heteroatoms. The quantitative estimate of drug-likeness (QED) is 0.855. The molecule has 2 aliphatic rings. The fourth-order valence-corrected chi connectivity index (χ4v) is 4.13. The molecular weight excluding hydrogens is 305 g/mol. The van der Waals surface area contributed by atoms with Crippen molar-refractivity contribution in [2.24, 2.45) is 5.92 Å². The van der Waals surface area contributed by atoms with Gasteiger partial charge in [0.05, 0.1) is 11.6 Å². The Hall–Kier alpha value is -1.72. The van der Waals surface area contributed by atoms with E-state index in [-0.39, 0.29) is 12.1 Å². The fourth-order valence-electron chi connectivity index (χ4n) is 4.13. The number of hydrogen-bond acceptors (Lipinski definition) is 2. The molecule has 0 radical (unpaired) electrons. The summed E-state index contributed by atoms with van der Waals surface area (Å²) in [6.07, 6.45) is 1.60. The van der Waals surface area contributed by atoms with Crippen LogP contribution in [0.5, 0.6) is 0 Å². The summed E-state index contributed by atoms with van der Waals surface area (Å²) in [6.45, 7) is 0. The Morgan fingerprint density at radius 2 is 1.96 bits per heavy atom. The Morgan fingerprint density at radius 1 is 1.26 bits per heavy atom. The predicted molar refractivity (Wildman–Crippen MR) is 82.2 cm³/mol. The summed E-state index contributed by atoms with van der Waals surface area (Å²) in [6, 6.07) is 3.76. The van der Waals surface area contributed by atoms with E-state index in [1.807, 2.05) is 7.05 Å². The summed E-state index contributed by atoms with van der Waals surface area (Å²) in [4.78, 5) is 13.0. The van der Waals surface area contributed by atoms with Crippen LogP contribution < -0.4 is 10.2 Å². The Kier molecular flexibility index (Phi) is 4.25. The molecule has 1 fully saturated rings. The van der Waals surface area contributed by atoms with Gasteiger partial charge in [0.25, 0.3) is 0 Å². The van der Waals surface area contributed by atoms with Crippen LogP contribution in [0.2, 0.25) is 0 Å². The lowest BCUT2D eigenvalue weighted by Crippen LogP contribution is -2.44. The molecule has 2 atom stereocenters. The summed E-state index contributed by atoms with van der Waals surface area (Å²) in [5.41, 5.74) is 0.686. The third kappa shape index (κ3) is 3.03. The van der Waals surface area contributed by atoms with Crippen LogP contribution in [0.3, 0.4) is 0 Å². The first kappa shape index (κ1) is 16.1. The van der Waals surface area contributed by atoms with Gasteiger partial charge >= 0.3 is 6.18 Å². The van der Waals surface area contributed by atoms with Gasteiger partial charge in [-0.3, -0.25) is 4.79 Å². The Labute approximate surface area is 133 Å². The largest absolute Gasteiger partial charge is 0.416 e. The number of anilines is 1. The average Bonchev–Trinajstić information content (AvgIpc) is 3.03. The van der Waals surface area contributed by atoms with Gasteiger partial charge in [0.1, 0.15) is 0 Å². The second-order valence-corrected chi connectivity index (χ2v) is 6.57. The molecule has 3 nitrogen and oxygen atoms in total. The maximum atomic E-state index is 13.0. The van der Waals surface area contributed by atoms with Gasteiger partial charge < -0.3 is 10.2 Å². The van der Waals surface area contributed by atoms with Crippen LogP contribution in [0.25, 0.3) is 0 Å². The van der Waals surface area contributed by atoms with E-state index in [1.165, 1.54) is 18.9 Å². The SMILES string of the molecule is CN1c2ccc(C(F)(F)F)cc2C(NC=O)CC1C1CCCC1. The highest BCUT2D eigenvalue weighted by Crippen LogP contribution is 2.44. The van der Waals surface area contributed by atoms with E-state index in [0.29, 0.717) is 24.3 Å². The van der Waals surface area contributed by atoms with Gasteiger partial charge in [-0.2, -0.15) is 13.2 Å². The minimum atomic E-state index is -4.37. The molecule has 1 aliphatic heterocycles. The average molecular weight is 326 g/mol. The van der Waals surface area contributed by atoms with Crippen molar-refractivity contribution in [3.63, 3.8) is 0 Å². The first-order valence-electron chi connectivity index (χ1n) is 8.05. The summed E-state index contributed by atoms with van der Waals surface area (Å²) < 4.78 is 39.0. The maximum absolute atomic E-state index is 13.0. The number of nitrogens with one attached hydrogen (secondary N) is 1. The minimum Gasteiger partial charge on any atom is -0.371 e. The van der Waals surface area contributed by atoms with Gasteiger partial charge in [0, 0.05) is 18.8 Å². The highest BCUT2D eigenvalue weighted by Gasteiger charge is 2.38. The van der Waals surface area contributed by atoms with E-state index in [1.54, 1.807) is 6.07 Å². The highest BCUT2D eigenvalue weighted by molar-refractivity contribution is 5.61. The number of fused-ring (bicyclic) bond motifs is 1. The van der Waals surface area contributed by atoms with Crippen LogP contribution in [0, 0.1) is 5.92 Å². The zero-order chi connectivity index (χ0) is 16.6. The monoisotopic (exact) mass is 326 g/mol. The predicted octanol–water partition coefficient (Wildman–Crippen LogP) is 3.89. The number of amides is 1. The molecule has 0 saturated heterocycles. The second kappa shape index (κ2) is 6.06. The lowest BCUT2D eigenvalue weighted by Gasteiger charge is -2.43. The molecule has 1 saturated carbocycles. The van der Waals surface area contributed by atoms with Crippen molar-refractivity contribution in [2.75, 3.05) is 11.9 Å². The molecule has 1 aromatic carbocycles. The van der Waals surface area contributed by atoms with Crippen LogP contribution in [0.1, 0.15) is 49.3 Å². The van der Waals surface area contributed by atoms with Gasteiger partial charge in [0.2, 0.25) is 6.41 Å². The van der Waals surface area contributed by atoms with Crippen molar-refractivity contribution in [3.05, 3.63) is 29.3 Å². The lowest BCUT2D eigenvalue weighted by molar-refractivity contribution is -0.137. The minimum absolute atomic E-state index is 0.263. The molecule has 1 N–H and O–H groups in total. The molecule has 0 spiro atoms. The molecule has 2 unspecified atom stereocenters. The summed E-state index contributed by atoms with van der Waals surface area (Å²) in [5.74, 6) is 0.548. The van der Waals surface area contributed by atoms with E-state index in [9.17, 15) is 18.0 Å². The molecule has 1 heterocycles. The molecule has 23 heavy (non-hydrogen) atoms. The smallest absolute Gasteiger partial charge is 0.371 e. The number of hydrogen-bond donors (Lipinski definition) is 1. The van der Waals surface area contributed by atoms with E-state index < -0.39 is 11.7 Å². The normalized spacial score (nSPS) is 25.3. The van der Waals surface area contributed by atoms with Crippen LogP contribution >= 0.6 is 0 Å². The topological polar surface area (TPSA) is 32.3 Å². The number of benzene rings is 1. The third-order valence-corrected chi connectivity index (χ3v) is 5.30. The maximum Gasteiger partial charge on any atom is 0.416 e. The molecular formula is C17H21F3N2O. The van der Waals surface area contributed by atoms with E-state index in [4.69, 9.17) is 0 Å². The molecule has 1 aromatic rings. The van der Waals surface area contributed by atoms with Crippen molar-refractivity contribution < 1.29 is 18.0 Å². The highest BCUT2D eigenvalue weighted by atomic mass is 19.4. The van der Waals surface area contributed by atoms with Crippen LogP contribution in [0.15, 0.2) is 18.2 Å². The molecule has 1 aliphatic carbocycles. The van der Waals surface area contributed by atoms with Crippen molar-refractivity contribution in [2.45, 2.75) is 50.4 Å². The third-order valence-electron chi connectivity index (χ3n) is 5.30. The zero-order valence-electron chi connectivity index (χ0n) is 13.1. The number of carbonyl (C=O) groups is 1. The van der Waals surface area contributed by atoms with E-state index in [0.717, 1.165) is 24.6 Å². The summed E-state index contributed by atoms with van der Waals surface area (Å²) >= 11 is 0. The number of carbonyl (C=O) groups excluding carboxylic acids is 1. The van der Waals surface area contributed by atoms with Gasteiger partial charge in [-0.05, 0) is 48.9 Å². The first-order valence-corrected chi connectivity index (χ1v) is 8.05. The van der Waals surface area contributed by atoms with E-state index >= 15 is 0 Å². The van der Waals surface area contributed by atoms with Crippen molar-refractivity contribution in [1.29, 1.82) is 0 Å². The Balaban J connectivity index is 1.98. The van der Waals surface area contributed by atoms with Crippen molar-refractivity contribution in [1.82, 2.24) is 5.32 Å². The fraction of sp³-hybridized carbons (Fsp3) is 0.588. The number of halogens is 3. The van der Waals surface area contributed by atoms with Crippen LogP contribution in [-0.4, -0.2) is 19.5 Å². The number of nitrogens with zero attached hydrogens (tertiary/aromatic N) is 1. The summed E-state index contributed by atoms with van der Waals surface area (Å²) in [7, 11) is 1.95. The van der Waals surface area contributed by atoms with Gasteiger partial charge in [-0.1, -0.05) is 12.8 Å². The molecule has 0 aromatic heterocycles.